The van der Waals surface area contributed by atoms with Gasteiger partial charge in [0.2, 0.25) is 11.8 Å². The zero-order chi connectivity index (χ0) is 95.5. The molecule has 0 saturated heterocycles. The molecule has 4 aromatic carbocycles. The van der Waals surface area contributed by atoms with Gasteiger partial charge in [-0.05, 0) is 178 Å². The first kappa shape index (κ1) is 96.8. The lowest BCUT2D eigenvalue weighted by Gasteiger charge is -2.17. The molecular weight excluding hydrogens is 1800 g/mol. The van der Waals surface area contributed by atoms with E-state index < -0.39 is 5.41 Å². The molecule has 0 atom stereocenters. The van der Waals surface area contributed by atoms with Crippen molar-refractivity contribution in [3.05, 3.63) is 300 Å². The van der Waals surface area contributed by atoms with Crippen molar-refractivity contribution in [1.29, 1.82) is 0 Å². The normalized spacial score (nSPS) is 11.2. The number of fused-ring (bicyclic) bond motifs is 8. The first-order chi connectivity index (χ1) is 68.4. The van der Waals surface area contributed by atoms with Crippen molar-refractivity contribution in [2.75, 3.05) is 36.2 Å². The van der Waals surface area contributed by atoms with E-state index in [0.717, 1.165) is 212 Å². The zero-order valence-electron chi connectivity index (χ0n) is 76.9. The third-order valence-electron chi connectivity index (χ3n) is 23.8. The monoisotopic (exact) mass is 1900 g/mol. The van der Waals surface area contributed by atoms with Crippen LogP contribution in [-0.4, -0.2) is 173 Å². The van der Waals surface area contributed by atoms with E-state index in [2.05, 4.69) is 192 Å². The second-order valence-electron chi connectivity index (χ2n) is 34.9. The van der Waals surface area contributed by atoms with Gasteiger partial charge in [0, 0.05) is 203 Å². The van der Waals surface area contributed by atoms with Crippen LogP contribution in [0.25, 0.3) is 223 Å². The minimum Gasteiger partial charge on any atom is -0.376 e. The lowest BCUT2D eigenvalue weighted by molar-refractivity contribution is -0.123. The SMILES string of the molecule is C.C.C.C.CC(C)(C)C(=O)Nc1cncc(-c2ccc3[nH]nc(-c4nc5c(-c6ccncc6)cncc5[nH]4)c3c2)c1.CC(C)C(=O)Nc1cncc(-c2ccc3[nH]nc(-c4nc5c(-c6ccncc6)cncc5[nH]4)c3c2)c1.CCNCc1cncc(-c2ccc3[nH]nc(-c4nc5c(-c6ccncc6)cncc5[nH]4)c3c2)c1.CN(C)c1cncc(-c2ccc3[nH]nc(-c4nc5c(-c6ccncc6)cncc5[nH]4)c3c2)c1. The summed E-state index contributed by atoms with van der Waals surface area (Å²) in [7, 11) is 4.02. The first-order valence-corrected chi connectivity index (χ1v) is 45.1. The number of H-pyrrole nitrogens is 8. The Morgan fingerprint density at radius 2 is 0.618 bits per heavy atom. The van der Waals surface area contributed by atoms with Crippen molar-refractivity contribution in [1.82, 2.24) is 146 Å². The summed E-state index contributed by atoms with van der Waals surface area (Å²) in [6.45, 7) is 13.2. The number of hydrogen-bond acceptors (Lipinski definition) is 24. The van der Waals surface area contributed by atoms with Gasteiger partial charge in [-0.1, -0.05) is 95.5 Å². The lowest BCUT2D eigenvalue weighted by Crippen LogP contribution is -2.27. The second-order valence-corrected chi connectivity index (χ2v) is 34.9. The van der Waals surface area contributed by atoms with E-state index in [4.69, 9.17) is 19.9 Å². The van der Waals surface area contributed by atoms with E-state index >= 15 is 0 Å². The third-order valence-corrected chi connectivity index (χ3v) is 23.8. The predicted octanol–water partition coefficient (Wildman–Crippen LogP) is 22.8. The molecule has 0 bridgehead atoms. The van der Waals surface area contributed by atoms with Crippen molar-refractivity contribution in [2.45, 2.75) is 77.8 Å². The molecule has 144 heavy (non-hydrogen) atoms. The van der Waals surface area contributed by atoms with Gasteiger partial charge in [0.1, 0.15) is 22.8 Å². The fourth-order valence-corrected chi connectivity index (χ4v) is 16.4. The highest BCUT2D eigenvalue weighted by Crippen LogP contribution is 2.41. The molecule has 0 unspecified atom stereocenters. The Balaban J connectivity index is 0.000000131. The number of imidazole rings is 4. The van der Waals surface area contributed by atoms with Gasteiger partial charge in [0.25, 0.3) is 0 Å². The second kappa shape index (κ2) is 41.8. The molecule has 24 rings (SSSR count). The van der Waals surface area contributed by atoms with Crippen molar-refractivity contribution in [2.24, 2.45) is 11.3 Å². The molecule has 0 fully saturated rings. The minimum absolute atomic E-state index is 0. The fourth-order valence-electron chi connectivity index (χ4n) is 16.4. The van der Waals surface area contributed by atoms with Crippen LogP contribution in [0.4, 0.5) is 17.1 Å². The van der Waals surface area contributed by atoms with Crippen LogP contribution >= 0.6 is 0 Å². The van der Waals surface area contributed by atoms with E-state index in [0.29, 0.717) is 46.1 Å². The molecule has 34 heteroatoms. The summed E-state index contributed by atoms with van der Waals surface area (Å²) in [5.41, 5.74) is 32.0. The molecular formula is C110H104N32O2. The Morgan fingerprint density at radius 1 is 0.319 bits per heavy atom. The van der Waals surface area contributed by atoms with Crippen molar-refractivity contribution < 1.29 is 9.59 Å². The van der Waals surface area contributed by atoms with Gasteiger partial charge >= 0.3 is 0 Å². The summed E-state index contributed by atoms with van der Waals surface area (Å²) in [4.78, 5) is 111. The quantitative estimate of drug-likeness (QED) is 0.0358. The van der Waals surface area contributed by atoms with E-state index in [1.54, 1.807) is 105 Å². The van der Waals surface area contributed by atoms with Crippen molar-refractivity contribution >= 4 is 117 Å². The maximum absolute atomic E-state index is 12.4. The maximum atomic E-state index is 12.4. The van der Waals surface area contributed by atoms with Crippen LogP contribution < -0.4 is 20.9 Å². The van der Waals surface area contributed by atoms with Crippen molar-refractivity contribution in [3.8, 4) is 135 Å². The van der Waals surface area contributed by atoms with E-state index in [1.807, 2.05) is 194 Å². The molecule has 20 heterocycles. The number of nitrogens with zero attached hydrogens (tertiary/aromatic N) is 21. The molecule has 0 aliphatic heterocycles. The first-order valence-electron chi connectivity index (χ1n) is 45.1. The topological polar surface area (TPSA) is 458 Å². The largest absolute Gasteiger partial charge is 0.376 e. The fraction of sp³-hybridized carbons (Fsp3) is 0.145. The summed E-state index contributed by atoms with van der Waals surface area (Å²) < 4.78 is 0. The molecule has 0 aliphatic rings. The average molecular weight is 1910 g/mol. The Hall–Kier alpha value is -18.9. The number of amides is 2. The molecule has 0 radical (unpaired) electrons. The Labute approximate surface area is 827 Å². The number of anilines is 3. The van der Waals surface area contributed by atoms with Crippen LogP contribution in [0.2, 0.25) is 0 Å². The highest BCUT2D eigenvalue weighted by atomic mass is 16.2. The van der Waals surface area contributed by atoms with E-state index in [-0.39, 0.29) is 47.4 Å². The molecule has 11 N–H and O–H groups in total. The molecule has 0 aliphatic carbocycles. The Kier molecular flexibility index (Phi) is 28.1. The molecule has 0 spiro atoms. The molecule has 2 amide bonds. The number of rotatable bonds is 19. The maximum Gasteiger partial charge on any atom is 0.229 e. The third kappa shape index (κ3) is 20.0. The van der Waals surface area contributed by atoms with Crippen LogP contribution in [0.3, 0.4) is 0 Å². The number of hydrogen-bond donors (Lipinski definition) is 11. The van der Waals surface area contributed by atoms with Gasteiger partial charge in [-0.25, -0.2) is 19.9 Å². The van der Waals surface area contributed by atoms with Crippen LogP contribution in [-0.2, 0) is 16.1 Å². The smallest absolute Gasteiger partial charge is 0.229 e. The predicted molar refractivity (Wildman–Crippen MR) is 572 cm³/mol. The van der Waals surface area contributed by atoms with E-state index in [1.165, 1.54) is 0 Å². The number of carbonyl (C=O) groups is 2. The number of pyridine rings is 12. The van der Waals surface area contributed by atoms with Crippen LogP contribution in [0.1, 0.15) is 76.8 Å². The van der Waals surface area contributed by atoms with Gasteiger partial charge in [-0.15, -0.1) is 0 Å². The summed E-state index contributed by atoms with van der Waals surface area (Å²) in [6, 6.07) is 48.3. The average Bonchev–Trinajstić information content (AvgIpc) is 1.63. The van der Waals surface area contributed by atoms with Crippen LogP contribution in [0, 0.1) is 11.3 Å². The molecule has 20 aromatic heterocycles. The van der Waals surface area contributed by atoms with Gasteiger partial charge in [-0.3, -0.25) is 89.8 Å². The Morgan fingerprint density at radius 3 is 0.931 bits per heavy atom. The number of aromatic nitrogens is 28. The number of benzene rings is 4. The minimum atomic E-state index is -0.500. The highest BCUT2D eigenvalue weighted by Gasteiger charge is 2.26. The molecule has 24 aromatic rings. The highest BCUT2D eigenvalue weighted by molar-refractivity contribution is 6.04. The number of aromatic amines is 8. The van der Waals surface area contributed by atoms with Crippen LogP contribution in [0.5, 0.6) is 0 Å². The standard InChI is InChI=1S/C28H24N8O.C27H22N8O.C26H22N8.C25H20N8.4CH4/c1-28(2,3)27(37)32-19-10-18(12-30-13-19)17-4-5-22-20(11-17)25(36-35-22)26-33-23-15-31-14-21(24(23)34-26)16-6-8-29-9-7-16;1-15(2)27(36)31-19-9-18(11-29-12-19)17-3-4-22-20(10-17)25(35-34-22)26-32-23-14-30-13-21(24(23)33-26)16-5-7-28-8-6-16;1-2-27-11-16-9-19(13-29-12-16)18-3-4-22-20(10-18)25(34-33-22)26-31-23-15-30-14-21(24(23)32-26)17-5-7-28-8-6-17;1-33(2)18-9-17(11-27-12-18)16-3-4-21-19(10-16)24(32-31-21)25-29-22-14-28-13-20(23(22)30-25)15-5-7-26-8-6-15;;;;/h4-15H,1-3H3,(H,32,37)(H,33,34)(H,35,36);3-15H,1-2H3,(H,31,36)(H,32,33)(H,34,35);3-10,12-15,27H,2,11H2,1H3,(H,31,32)(H,33,34);3-14H,1-2H3,(H,29,30)(H,31,32);4*1H4. The summed E-state index contributed by atoms with van der Waals surface area (Å²) in [5.74, 6) is 2.45. The van der Waals surface area contributed by atoms with Gasteiger partial charge < -0.3 is 40.8 Å². The Bertz CT molecular complexity index is 8690. The summed E-state index contributed by atoms with van der Waals surface area (Å²) >= 11 is 0. The molecule has 0 saturated carbocycles. The van der Waals surface area contributed by atoms with Gasteiger partial charge in [0.15, 0.2) is 23.3 Å². The number of carbonyl (C=O) groups excluding carboxylic acids is 2. The summed E-state index contributed by atoms with van der Waals surface area (Å²) in [5, 5.41) is 43.8. The summed E-state index contributed by atoms with van der Waals surface area (Å²) in [6.07, 6.45) is 42.8. The van der Waals surface area contributed by atoms with Gasteiger partial charge in [0.05, 0.1) is 127 Å². The van der Waals surface area contributed by atoms with Gasteiger partial charge in [-0.2, -0.15) is 20.4 Å². The lowest BCUT2D eigenvalue weighted by atomic mass is 9.95. The molecule has 716 valence electrons. The van der Waals surface area contributed by atoms with Crippen molar-refractivity contribution in [3.63, 3.8) is 0 Å². The van der Waals surface area contributed by atoms with E-state index in [9.17, 15) is 9.59 Å². The zero-order valence-corrected chi connectivity index (χ0v) is 76.9. The van der Waals surface area contributed by atoms with Crippen LogP contribution in [0.15, 0.2) is 294 Å². The molecule has 34 nitrogen and oxygen atoms in total. The number of nitrogens with one attached hydrogen (secondary N) is 11.